The van der Waals surface area contributed by atoms with Crippen LogP contribution in [0.3, 0.4) is 0 Å². The van der Waals surface area contributed by atoms with E-state index in [-0.39, 0.29) is 17.2 Å². The zero-order valence-corrected chi connectivity index (χ0v) is 12.6. The maximum absolute atomic E-state index is 13.5. The molecule has 1 heterocycles. The number of ether oxygens (including phenoxy) is 2. The van der Waals surface area contributed by atoms with Crippen LogP contribution >= 0.6 is 11.6 Å². The Labute approximate surface area is 124 Å². The molecule has 1 aliphatic rings. The van der Waals surface area contributed by atoms with Gasteiger partial charge in [0.05, 0.1) is 12.7 Å². The lowest BCUT2D eigenvalue weighted by Crippen LogP contribution is -2.34. The third-order valence-electron chi connectivity index (χ3n) is 3.41. The molecule has 112 valence electrons. The molecule has 1 aliphatic heterocycles. The number of halogens is 2. The van der Waals surface area contributed by atoms with Gasteiger partial charge in [0.1, 0.15) is 22.7 Å². The molecule has 1 saturated heterocycles. The van der Waals surface area contributed by atoms with Crippen LogP contribution in [0.15, 0.2) is 18.2 Å². The summed E-state index contributed by atoms with van der Waals surface area (Å²) < 4.78 is 25.1. The van der Waals surface area contributed by atoms with E-state index >= 15 is 0 Å². The number of hydrogen-bond donors (Lipinski definition) is 1. The van der Waals surface area contributed by atoms with Gasteiger partial charge in [-0.25, -0.2) is 4.39 Å². The van der Waals surface area contributed by atoms with Crippen molar-refractivity contribution in [2.45, 2.75) is 32.5 Å². The van der Waals surface area contributed by atoms with Crippen LogP contribution in [0.1, 0.15) is 20.3 Å². The molecule has 0 saturated carbocycles. The Kier molecular flexibility index (Phi) is 5.64. The average molecular weight is 302 g/mol. The predicted octanol–water partition coefficient (Wildman–Crippen LogP) is 3.26. The molecule has 1 aromatic carbocycles. The second-order valence-corrected chi connectivity index (χ2v) is 5.72. The Morgan fingerprint density at radius 1 is 1.45 bits per heavy atom. The SMILES string of the molecule is CC(C)OC[C@@H](Oc1cccc(F)c1Cl)[C@H]1CCNC1. The summed E-state index contributed by atoms with van der Waals surface area (Å²) in [6.07, 6.45) is 1.05. The molecular weight excluding hydrogens is 281 g/mol. The lowest BCUT2D eigenvalue weighted by Gasteiger charge is -2.25. The van der Waals surface area contributed by atoms with E-state index in [0.29, 0.717) is 18.3 Å². The van der Waals surface area contributed by atoms with Gasteiger partial charge in [-0.2, -0.15) is 0 Å². The van der Waals surface area contributed by atoms with E-state index in [1.54, 1.807) is 12.1 Å². The first-order valence-electron chi connectivity index (χ1n) is 7.01. The quantitative estimate of drug-likeness (QED) is 0.875. The highest BCUT2D eigenvalue weighted by atomic mass is 35.5. The van der Waals surface area contributed by atoms with Crippen LogP contribution in [0.2, 0.25) is 5.02 Å². The monoisotopic (exact) mass is 301 g/mol. The highest BCUT2D eigenvalue weighted by Crippen LogP contribution is 2.29. The maximum atomic E-state index is 13.5. The van der Waals surface area contributed by atoms with E-state index in [9.17, 15) is 4.39 Å². The van der Waals surface area contributed by atoms with Crippen molar-refractivity contribution in [3.05, 3.63) is 29.0 Å². The molecule has 0 radical (unpaired) electrons. The summed E-state index contributed by atoms with van der Waals surface area (Å²) in [5, 5.41) is 3.34. The van der Waals surface area contributed by atoms with Gasteiger partial charge in [-0.05, 0) is 38.9 Å². The summed E-state index contributed by atoms with van der Waals surface area (Å²) in [6.45, 7) is 6.32. The first-order chi connectivity index (χ1) is 9.58. The van der Waals surface area contributed by atoms with Crippen molar-refractivity contribution in [2.24, 2.45) is 5.92 Å². The number of hydrogen-bond acceptors (Lipinski definition) is 3. The van der Waals surface area contributed by atoms with Crippen LogP contribution < -0.4 is 10.1 Å². The van der Waals surface area contributed by atoms with Crippen LogP contribution in [0.4, 0.5) is 4.39 Å². The van der Waals surface area contributed by atoms with Crippen LogP contribution in [0, 0.1) is 11.7 Å². The van der Waals surface area contributed by atoms with Crippen LogP contribution in [-0.4, -0.2) is 31.9 Å². The number of benzene rings is 1. The Morgan fingerprint density at radius 2 is 2.25 bits per heavy atom. The van der Waals surface area contributed by atoms with Gasteiger partial charge in [0, 0.05) is 12.5 Å². The highest BCUT2D eigenvalue weighted by Gasteiger charge is 2.28. The molecule has 2 rings (SSSR count). The molecule has 2 atom stereocenters. The van der Waals surface area contributed by atoms with Crippen molar-refractivity contribution in [2.75, 3.05) is 19.7 Å². The predicted molar refractivity (Wildman–Crippen MR) is 77.9 cm³/mol. The van der Waals surface area contributed by atoms with Crippen molar-refractivity contribution in [1.82, 2.24) is 5.32 Å². The molecule has 1 aromatic rings. The smallest absolute Gasteiger partial charge is 0.145 e. The molecule has 1 fully saturated rings. The Hall–Kier alpha value is -0.840. The molecule has 0 amide bonds. The molecule has 20 heavy (non-hydrogen) atoms. The topological polar surface area (TPSA) is 30.5 Å². The Bertz CT molecular complexity index is 436. The lowest BCUT2D eigenvalue weighted by molar-refractivity contribution is -0.00373. The minimum Gasteiger partial charge on any atom is -0.486 e. The number of rotatable bonds is 6. The minimum absolute atomic E-state index is 0.0352. The molecule has 0 aliphatic carbocycles. The van der Waals surface area contributed by atoms with Crippen molar-refractivity contribution in [3.8, 4) is 5.75 Å². The summed E-state index contributed by atoms with van der Waals surface area (Å²) in [5.74, 6) is 0.279. The van der Waals surface area contributed by atoms with Gasteiger partial charge in [0.25, 0.3) is 0 Å². The van der Waals surface area contributed by atoms with Crippen LogP contribution in [-0.2, 0) is 4.74 Å². The first kappa shape index (κ1) is 15.5. The fourth-order valence-electron chi connectivity index (χ4n) is 2.29. The third kappa shape index (κ3) is 4.08. The minimum atomic E-state index is -0.461. The van der Waals surface area contributed by atoms with Crippen molar-refractivity contribution in [3.63, 3.8) is 0 Å². The molecule has 1 N–H and O–H groups in total. The summed E-state index contributed by atoms with van der Waals surface area (Å²) >= 11 is 5.95. The zero-order valence-electron chi connectivity index (χ0n) is 11.9. The Morgan fingerprint density at radius 3 is 2.90 bits per heavy atom. The van der Waals surface area contributed by atoms with E-state index < -0.39 is 5.82 Å². The van der Waals surface area contributed by atoms with Gasteiger partial charge in [-0.15, -0.1) is 0 Å². The summed E-state index contributed by atoms with van der Waals surface area (Å²) in [4.78, 5) is 0. The molecule has 5 heteroatoms. The molecule has 3 nitrogen and oxygen atoms in total. The van der Waals surface area contributed by atoms with Gasteiger partial charge in [0.15, 0.2) is 0 Å². The van der Waals surface area contributed by atoms with Crippen LogP contribution in [0.25, 0.3) is 0 Å². The summed E-state index contributed by atoms with van der Waals surface area (Å²) in [7, 11) is 0. The fourth-order valence-corrected chi connectivity index (χ4v) is 2.46. The van der Waals surface area contributed by atoms with Crippen molar-refractivity contribution < 1.29 is 13.9 Å². The van der Waals surface area contributed by atoms with Gasteiger partial charge >= 0.3 is 0 Å². The Balaban J connectivity index is 2.07. The molecule has 0 spiro atoms. The van der Waals surface area contributed by atoms with E-state index in [1.165, 1.54) is 6.07 Å². The fraction of sp³-hybridized carbons (Fsp3) is 0.600. The maximum Gasteiger partial charge on any atom is 0.145 e. The molecule has 0 aromatic heterocycles. The highest BCUT2D eigenvalue weighted by molar-refractivity contribution is 6.32. The summed E-state index contributed by atoms with van der Waals surface area (Å²) in [5.41, 5.74) is 0. The first-order valence-corrected chi connectivity index (χ1v) is 7.38. The van der Waals surface area contributed by atoms with Gasteiger partial charge < -0.3 is 14.8 Å². The number of nitrogens with one attached hydrogen (secondary N) is 1. The van der Waals surface area contributed by atoms with Gasteiger partial charge in [-0.3, -0.25) is 0 Å². The largest absolute Gasteiger partial charge is 0.486 e. The van der Waals surface area contributed by atoms with E-state index in [4.69, 9.17) is 21.1 Å². The molecular formula is C15H21ClFNO2. The van der Waals surface area contributed by atoms with Gasteiger partial charge in [-0.1, -0.05) is 17.7 Å². The average Bonchev–Trinajstić information content (AvgIpc) is 2.93. The zero-order chi connectivity index (χ0) is 14.5. The second-order valence-electron chi connectivity index (χ2n) is 5.34. The third-order valence-corrected chi connectivity index (χ3v) is 3.78. The van der Waals surface area contributed by atoms with Crippen molar-refractivity contribution >= 4 is 11.6 Å². The normalized spacial score (nSPS) is 20.4. The molecule has 0 bridgehead atoms. The molecule has 0 unspecified atom stereocenters. The standard InChI is InChI=1S/C15H21ClFNO2/c1-10(2)19-9-14(11-6-7-18-8-11)20-13-5-3-4-12(17)15(13)16/h3-5,10-11,14,18H,6-9H2,1-2H3/t11-,14+/m0/s1. The summed E-state index contributed by atoms with van der Waals surface area (Å²) in [6, 6.07) is 4.62. The van der Waals surface area contributed by atoms with Crippen LogP contribution in [0.5, 0.6) is 5.75 Å². The van der Waals surface area contributed by atoms with Gasteiger partial charge in [0.2, 0.25) is 0 Å². The lowest BCUT2D eigenvalue weighted by atomic mass is 10.0. The second kappa shape index (κ2) is 7.25. The van der Waals surface area contributed by atoms with Crippen molar-refractivity contribution in [1.29, 1.82) is 0 Å². The van der Waals surface area contributed by atoms with E-state index in [0.717, 1.165) is 19.5 Å². The van der Waals surface area contributed by atoms with E-state index in [1.807, 2.05) is 13.8 Å². The van der Waals surface area contributed by atoms with E-state index in [2.05, 4.69) is 5.32 Å².